The highest BCUT2D eigenvalue weighted by Gasteiger charge is 2.06. The third-order valence-electron chi connectivity index (χ3n) is 3.87. The SMILES string of the molecule is CCC.CCC.CCC.c1ccc2c(-c3cccc4ccccc34)cccc2c1. The molecule has 0 aliphatic carbocycles. The fourth-order valence-electron chi connectivity index (χ4n) is 2.92. The van der Waals surface area contributed by atoms with E-state index in [1.54, 1.807) is 0 Å². The minimum Gasteiger partial charge on any atom is -0.0656 e. The summed E-state index contributed by atoms with van der Waals surface area (Å²) in [5.74, 6) is 0. The van der Waals surface area contributed by atoms with Crippen LogP contribution in [0.2, 0.25) is 0 Å². The molecule has 0 fully saturated rings. The first-order valence-electron chi connectivity index (χ1n) is 11.1. The monoisotopic (exact) mass is 386 g/mol. The van der Waals surface area contributed by atoms with Gasteiger partial charge >= 0.3 is 0 Å². The van der Waals surface area contributed by atoms with E-state index in [1.165, 1.54) is 51.9 Å². The van der Waals surface area contributed by atoms with Crippen molar-refractivity contribution >= 4 is 21.5 Å². The van der Waals surface area contributed by atoms with Gasteiger partial charge in [0.2, 0.25) is 0 Å². The van der Waals surface area contributed by atoms with Crippen molar-refractivity contribution in [1.82, 2.24) is 0 Å². The number of rotatable bonds is 1. The zero-order valence-corrected chi connectivity index (χ0v) is 19.2. The second-order valence-electron chi connectivity index (χ2n) is 7.17. The van der Waals surface area contributed by atoms with Crippen LogP contribution in [0.5, 0.6) is 0 Å². The average molecular weight is 387 g/mol. The molecule has 4 rings (SSSR count). The summed E-state index contributed by atoms with van der Waals surface area (Å²) in [5, 5.41) is 5.20. The van der Waals surface area contributed by atoms with Crippen LogP contribution in [0.1, 0.15) is 60.8 Å². The molecule has 0 aromatic heterocycles. The summed E-state index contributed by atoms with van der Waals surface area (Å²) < 4.78 is 0. The molecule has 4 aromatic rings. The smallest absolute Gasteiger partial charge is 0.00992 e. The number of benzene rings is 4. The van der Waals surface area contributed by atoms with Gasteiger partial charge in [-0.3, -0.25) is 0 Å². The standard InChI is InChI=1S/C20H14.3C3H8/c1-3-11-17-15(7-1)9-5-13-19(17)20-14-6-10-16-8-2-4-12-18(16)20;3*1-3-2/h1-14H;3*3H2,1-2H3. The molecule has 29 heavy (non-hydrogen) atoms. The molecule has 0 saturated carbocycles. The van der Waals surface area contributed by atoms with Crippen molar-refractivity contribution in [1.29, 1.82) is 0 Å². The van der Waals surface area contributed by atoms with Crippen LogP contribution < -0.4 is 0 Å². The summed E-state index contributed by atoms with van der Waals surface area (Å²) in [7, 11) is 0. The Balaban J connectivity index is 0.000000404. The highest BCUT2D eigenvalue weighted by Crippen LogP contribution is 2.33. The molecular weight excluding hydrogens is 348 g/mol. The van der Waals surface area contributed by atoms with E-state index in [2.05, 4.69) is 126 Å². The van der Waals surface area contributed by atoms with Gasteiger partial charge in [0.25, 0.3) is 0 Å². The maximum Gasteiger partial charge on any atom is -0.00992 e. The molecule has 154 valence electrons. The Bertz CT molecular complexity index is 857. The van der Waals surface area contributed by atoms with Gasteiger partial charge in [-0.1, -0.05) is 146 Å². The number of hydrogen-bond donors (Lipinski definition) is 0. The van der Waals surface area contributed by atoms with Crippen LogP contribution in [-0.2, 0) is 0 Å². The van der Waals surface area contributed by atoms with Crippen molar-refractivity contribution < 1.29 is 0 Å². The Morgan fingerprint density at radius 1 is 0.379 bits per heavy atom. The molecule has 0 heteroatoms. The highest BCUT2D eigenvalue weighted by atomic mass is 14.1. The fraction of sp³-hybridized carbons (Fsp3) is 0.310. The van der Waals surface area contributed by atoms with Crippen LogP contribution in [0, 0.1) is 0 Å². The highest BCUT2D eigenvalue weighted by molar-refractivity contribution is 6.05. The van der Waals surface area contributed by atoms with Gasteiger partial charge in [0, 0.05) is 0 Å². The van der Waals surface area contributed by atoms with Gasteiger partial charge in [-0.15, -0.1) is 0 Å². The van der Waals surface area contributed by atoms with Crippen LogP contribution >= 0.6 is 0 Å². The van der Waals surface area contributed by atoms with Crippen LogP contribution in [0.4, 0.5) is 0 Å². The fourth-order valence-corrected chi connectivity index (χ4v) is 2.92. The van der Waals surface area contributed by atoms with E-state index in [4.69, 9.17) is 0 Å². The lowest BCUT2D eigenvalue weighted by atomic mass is 9.94. The molecule has 0 amide bonds. The minimum atomic E-state index is 1.25. The van der Waals surface area contributed by atoms with Gasteiger partial charge in [0.05, 0.1) is 0 Å². The molecule has 0 spiro atoms. The minimum absolute atomic E-state index is 1.25. The average Bonchev–Trinajstić information content (AvgIpc) is 2.75. The topological polar surface area (TPSA) is 0 Å². The molecule has 0 saturated heterocycles. The quantitative estimate of drug-likeness (QED) is 0.305. The lowest BCUT2D eigenvalue weighted by molar-refractivity contribution is 1.09. The first-order valence-corrected chi connectivity index (χ1v) is 11.1. The van der Waals surface area contributed by atoms with Crippen molar-refractivity contribution in [3.63, 3.8) is 0 Å². The Morgan fingerprint density at radius 2 is 0.655 bits per heavy atom. The third-order valence-corrected chi connectivity index (χ3v) is 3.87. The molecule has 0 atom stereocenters. The third kappa shape index (κ3) is 7.38. The van der Waals surface area contributed by atoms with E-state index in [-0.39, 0.29) is 0 Å². The van der Waals surface area contributed by atoms with Crippen LogP contribution in [0.3, 0.4) is 0 Å². The van der Waals surface area contributed by atoms with Gasteiger partial charge < -0.3 is 0 Å². The first-order chi connectivity index (χ1) is 14.2. The predicted octanol–water partition coefficient (Wildman–Crippen LogP) is 9.91. The van der Waals surface area contributed by atoms with Crippen molar-refractivity contribution in [3.05, 3.63) is 84.9 Å². The van der Waals surface area contributed by atoms with Crippen molar-refractivity contribution in [2.75, 3.05) is 0 Å². The second-order valence-corrected chi connectivity index (χ2v) is 7.17. The van der Waals surface area contributed by atoms with Gasteiger partial charge in [-0.25, -0.2) is 0 Å². The van der Waals surface area contributed by atoms with Crippen LogP contribution in [0.25, 0.3) is 32.7 Å². The van der Waals surface area contributed by atoms with E-state index in [0.717, 1.165) is 0 Å². The Kier molecular flexibility index (Phi) is 12.1. The Hall–Kier alpha value is -2.60. The predicted molar refractivity (Wildman–Crippen MR) is 135 cm³/mol. The Morgan fingerprint density at radius 3 is 1.00 bits per heavy atom. The van der Waals surface area contributed by atoms with Gasteiger partial charge in [0.15, 0.2) is 0 Å². The summed E-state index contributed by atoms with van der Waals surface area (Å²) in [6.07, 6.45) is 3.75. The molecular formula is C29H38. The number of fused-ring (bicyclic) bond motifs is 2. The zero-order valence-electron chi connectivity index (χ0n) is 19.2. The van der Waals surface area contributed by atoms with Crippen molar-refractivity contribution in [3.8, 4) is 11.1 Å². The van der Waals surface area contributed by atoms with E-state index in [1.807, 2.05) is 0 Å². The van der Waals surface area contributed by atoms with Gasteiger partial charge in [-0.2, -0.15) is 0 Å². The van der Waals surface area contributed by atoms with E-state index in [0.29, 0.717) is 0 Å². The molecule has 0 aliphatic heterocycles. The zero-order chi connectivity index (χ0) is 21.5. The number of hydrogen-bond acceptors (Lipinski definition) is 0. The largest absolute Gasteiger partial charge is 0.0656 e. The lowest BCUT2D eigenvalue weighted by Crippen LogP contribution is -1.83. The van der Waals surface area contributed by atoms with Crippen molar-refractivity contribution in [2.45, 2.75) is 60.8 Å². The normalized spacial score (nSPS) is 9.45. The maximum atomic E-state index is 2.21. The summed E-state index contributed by atoms with van der Waals surface area (Å²) in [4.78, 5) is 0. The molecule has 0 unspecified atom stereocenters. The second kappa shape index (κ2) is 14.4. The van der Waals surface area contributed by atoms with Crippen LogP contribution in [0.15, 0.2) is 84.9 Å². The van der Waals surface area contributed by atoms with E-state index in [9.17, 15) is 0 Å². The van der Waals surface area contributed by atoms with E-state index >= 15 is 0 Å². The first kappa shape index (κ1) is 24.4. The van der Waals surface area contributed by atoms with Crippen LogP contribution in [-0.4, -0.2) is 0 Å². The van der Waals surface area contributed by atoms with Gasteiger partial charge in [0.1, 0.15) is 0 Å². The molecule has 4 aromatic carbocycles. The van der Waals surface area contributed by atoms with E-state index < -0.39 is 0 Å². The van der Waals surface area contributed by atoms with Gasteiger partial charge in [-0.05, 0) is 32.7 Å². The molecule has 0 nitrogen and oxygen atoms in total. The Labute approximate surface area is 178 Å². The summed E-state index contributed by atoms with van der Waals surface area (Å²) in [6, 6.07) is 30.2. The summed E-state index contributed by atoms with van der Waals surface area (Å²) >= 11 is 0. The summed E-state index contributed by atoms with van der Waals surface area (Å²) in [6.45, 7) is 12.8. The molecule has 0 radical (unpaired) electrons. The molecule has 0 heterocycles. The molecule has 0 bridgehead atoms. The van der Waals surface area contributed by atoms with Crippen molar-refractivity contribution in [2.24, 2.45) is 0 Å². The molecule has 0 N–H and O–H groups in total. The molecule has 0 aliphatic rings. The summed E-state index contributed by atoms with van der Waals surface area (Å²) in [5.41, 5.74) is 2.61. The lowest BCUT2D eigenvalue weighted by Gasteiger charge is -2.10. The maximum absolute atomic E-state index is 2.21.